The van der Waals surface area contributed by atoms with Gasteiger partial charge in [0.2, 0.25) is 0 Å². The molecule has 0 heterocycles. The second-order valence-corrected chi connectivity index (χ2v) is 4.79. The predicted molar refractivity (Wildman–Crippen MR) is 71.8 cm³/mol. The minimum absolute atomic E-state index is 0.758. The Labute approximate surface area is 105 Å². The number of nitrogens with one attached hydrogen (secondary N) is 1. The molecule has 1 rings (SSSR count). The topological polar surface area (TPSA) is 12.0 Å². The van der Waals surface area contributed by atoms with Crippen LogP contribution in [0, 0.1) is 0 Å². The Kier molecular flexibility index (Phi) is 6.11. The van der Waals surface area contributed by atoms with E-state index in [1.165, 1.54) is 25.7 Å². The quantitative estimate of drug-likeness (QED) is 0.719. The third kappa shape index (κ3) is 4.43. The van der Waals surface area contributed by atoms with Gasteiger partial charge in [-0.2, -0.15) is 0 Å². The van der Waals surface area contributed by atoms with E-state index in [1.807, 2.05) is 18.2 Å². The summed E-state index contributed by atoms with van der Waals surface area (Å²) in [5, 5.41) is 4.14. The summed E-state index contributed by atoms with van der Waals surface area (Å²) in [4.78, 5) is 0. The van der Waals surface area contributed by atoms with E-state index < -0.39 is 0 Å². The molecule has 15 heavy (non-hydrogen) atoms. The molecule has 0 aliphatic rings. The van der Waals surface area contributed by atoms with Gasteiger partial charge in [-0.15, -0.1) is 0 Å². The second kappa shape index (κ2) is 7.13. The maximum absolute atomic E-state index is 5.99. The van der Waals surface area contributed by atoms with Gasteiger partial charge in [0.05, 0.1) is 9.50 Å². The number of hydrogen-bond donors (Lipinski definition) is 1. The van der Waals surface area contributed by atoms with Gasteiger partial charge in [0.1, 0.15) is 0 Å². The second-order valence-electron chi connectivity index (χ2n) is 3.59. The van der Waals surface area contributed by atoms with Gasteiger partial charge in [0, 0.05) is 12.2 Å². The molecule has 0 saturated carbocycles. The molecule has 0 aliphatic heterocycles. The molecule has 0 spiro atoms. The Morgan fingerprint density at radius 3 is 2.80 bits per heavy atom. The highest BCUT2D eigenvalue weighted by Crippen LogP contribution is 2.29. The zero-order valence-electron chi connectivity index (χ0n) is 9.02. The lowest BCUT2D eigenvalue weighted by Crippen LogP contribution is -2.01. The van der Waals surface area contributed by atoms with Crippen molar-refractivity contribution >= 4 is 33.2 Å². The third-order valence-corrected chi connectivity index (χ3v) is 3.69. The van der Waals surface area contributed by atoms with Gasteiger partial charge >= 0.3 is 0 Å². The molecular formula is C12H17BrClN. The van der Waals surface area contributed by atoms with Gasteiger partial charge in [-0.25, -0.2) is 0 Å². The zero-order chi connectivity index (χ0) is 11.1. The summed E-state index contributed by atoms with van der Waals surface area (Å²) in [6.45, 7) is 3.24. The largest absolute Gasteiger partial charge is 0.384 e. The van der Waals surface area contributed by atoms with E-state index >= 15 is 0 Å². The minimum Gasteiger partial charge on any atom is -0.384 e. The van der Waals surface area contributed by atoms with Gasteiger partial charge in [0.25, 0.3) is 0 Å². The number of rotatable bonds is 6. The molecular weight excluding hydrogens is 273 g/mol. The zero-order valence-corrected chi connectivity index (χ0v) is 11.4. The van der Waals surface area contributed by atoms with Crippen LogP contribution in [0.15, 0.2) is 22.7 Å². The van der Waals surface area contributed by atoms with Crippen LogP contribution >= 0.6 is 27.5 Å². The highest BCUT2D eigenvalue weighted by molar-refractivity contribution is 9.10. The summed E-state index contributed by atoms with van der Waals surface area (Å²) >= 11 is 9.46. The van der Waals surface area contributed by atoms with Crippen LogP contribution in [0.2, 0.25) is 5.02 Å². The summed E-state index contributed by atoms with van der Waals surface area (Å²) in [6.07, 6.45) is 5.10. The monoisotopic (exact) mass is 289 g/mol. The van der Waals surface area contributed by atoms with Crippen molar-refractivity contribution in [2.24, 2.45) is 0 Å². The molecule has 0 atom stereocenters. The molecule has 0 aromatic heterocycles. The summed E-state index contributed by atoms with van der Waals surface area (Å²) < 4.78 is 0.960. The fraction of sp³-hybridized carbons (Fsp3) is 0.500. The number of halogens is 2. The Morgan fingerprint density at radius 2 is 2.07 bits per heavy atom. The van der Waals surface area contributed by atoms with Crippen molar-refractivity contribution in [3.8, 4) is 0 Å². The van der Waals surface area contributed by atoms with Gasteiger partial charge in [-0.3, -0.25) is 0 Å². The van der Waals surface area contributed by atoms with Crippen LogP contribution in [0.4, 0.5) is 5.69 Å². The summed E-state index contributed by atoms with van der Waals surface area (Å²) in [7, 11) is 0. The van der Waals surface area contributed by atoms with E-state index in [0.29, 0.717) is 0 Å². The maximum atomic E-state index is 5.99. The van der Waals surface area contributed by atoms with Crippen LogP contribution in [0.25, 0.3) is 0 Å². The minimum atomic E-state index is 0.758. The molecule has 0 bridgehead atoms. The first-order valence-electron chi connectivity index (χ1n) is 5.43. The van der Waals surface area contributed by atoms with Crippen molar-refractivity contribution in [2.75, 3.05) is 11.9 Å². The number of benzene rings is 1. The van der Waals surface area contributed by atoms with E-state index in [4.69, 9.17) is 11.6 Å². The number of anilines is 1. The first-order valence-corrected chi connectivity index (χ1v) is 6.60. The summed E-state index contributed by atoms with van der Waals surface area (Å²) in [5.74, 6) is 0. The van der Waals surface area contributed by atoms with E-state index in [2.05, 4.69) is 28.2 Å². The van der Waals surface area contributed by atoms with Crippen LogP contribution in [-0.2, 0) is 0 Å². The Hall–Kier alpha value is -0.210. The molecule has 1 nitrogen and oxygen atoms in total. The van der Waals surface area contributed by atoms with Crippen LogP contribution in [0.5, 0.6) is 0 Å². The summed E-state index contributed by atoms with van der Waals surface area (Å²) in [6, 6.07) is 5.88. The maximum Gasteiger partial charge on any atom is 0.0593 e. The lowest BCUT2D eigenvalue weighted by Gasteiger charge is -2.09. The average molecular weight is 291 g/mol. The van der Waals surface area contributed by atoms with Crippen LogP contribution in [-0.4, -0.2) is 6.54 Å². The number of hydrogen-bond acceptors (Lipinski definition) is 1. The Bertz CT molecular complexity index is 302. The first-order chi connectivity index (χ1) is 7.25. The van der Waals surface area contributed by atoms with Crippen LogP contribution < -0.4 is 5.32 Å². The van der Waals surface area contributed by atoms with Gasteiger partial charge in [0.15, 0.2) is 0 Å². The van der Waals surface area contributed by atoms with E-state index in [-0.39, 0.29) is 0 Å². The van der Waals surface area contributed by atoms with E-state index in [9.17, 15) is 0 Å². The molecule has 0 saturated heterocycles. The van der Waals surface area contributed by atoms with Crippen molar-refractivity contribution in [3.63, 3.8) is 0 Å². The van der Waals surface area contributed by atoms with Gasteiger partial charge in [-0.1, -0.05) is 43.9 Å². The Morgan fingerprint density at radius 1 is 1.27 bits per heavy atom. The smallest absolute Gasteiger partial charge is 0.0593 e. The van der Waals surface area contributed by atoms with Crippen molar-refractivity contribution < 1.29 is 0 Å². The summed E-state index contributed by atoms with van der Waals surface area (Å²) in [5.41, 5.74) is 1.08. The van der Waals surface area contributed by atoms with Crippen molar-refractivity contribution in [1.82, 2.24) is 0 Å². The molecule has 0 radical (unpaired) electrons. The molecule has 1 N–H and O–H groups in total. The van der Waals surface area contributed by atoms with E-state index in [0.717, 1.165) is 21.7 Å². The van der Waals surface area contributed by atoms with E-state index in [1.54, 1.807) is 0 Å². The lowest BCUT2D eigenvalue weighted by atomic mass is 10.2. The number of unbranched alkanes of at least 4 members (excludes halogenated alkanes) is 3. The normalized spacial score (nSPS) is 10.3. The highest BCUT2D eigenvalue weighted by atomic mass is 79.9. The van der Waals surface area contributed by atoms with Gasteiger partial charge < -0.3 is 5.32 Å². The van der Waals surface area contributed by atoms with Crippen LogP contribution in [0.1, 0.15) is 32.6 Å². The molecule has 0 aliphatic carbocycles. The highest BCUT2D eigenvalue weighted by Gasteiger charge is 2.01. The molecule has 84 valence electrons. The fourth-order valence-electron chi connectivity index (χ4n) is 1.42. The molecule has 3 heteroatoms. The first kappa shape index (κ1) is 12.9. The molecule has 1 aromatic carbocycles. The average Bonchev–Trinajstić information content (AvgIpc) is 2.24. The molecule has 0 amide bonds. The molecule has 1 aromatic rings. The third-order valence-electron chi connectivity index (χ3n) is 2.30. The van der Waals surface area contributed by atoms with Crippen molar-refractivity contribution in [1.29, 1.82) is 0 Å². The fourth-order valence-corrected chi connectivity index (χ4v) is 1.99. The van der Waals surface area contributed by atoms with Gasteiger partial charge in [-0.05, 0) is 34.5 Å². The molecule has 0 fully saturated rings. The Balaban J connectivity index is 2.34. The van der Waals surface area contributed by atoms with Crippen molar-refractivity contribution in [2.45, 2.75) is 32.6 Å². The van der Waals surface area contributed by atoms with Crippen LogP contribution in [0.3, 0.4) is 0 Å². The van der Waals surface area contributed by atoms with Crippen molar-refractivity contribution in [3.05, 3.63) is 27.7 Å². The lowest BCUT2D eigenvalue weighted by molar-refractivity contribution is 0.685. The predicted octanol–water partition coefficient (Wildman–Crippen LogP) is 5.09. The molecule has 0 unspecified atom stereocenters. The SMILES string of the molecule is CCCCCCNc1cccc(Cl)c1Br. The standard InChI is InChI=1S/C12H17BrClN/c1-2-3-4-5-9-15-11-8-6-7-10(14)12(11)13/h6-8,15H,2-5,9H2,1H3.